The summed E-state index contributed by atoms with van der Waals surface area (Å²) in [6, 6.07) is 12.8. The topological polar surface area (TPSA) is 98.1 Å². The molecule has 3 aromatic rings. The van der Waals surface area contributed by atoms with E-state index in [-0.39, 0.29) is 16.6 Å². The van der Waals surface area contributed by atoms with E-state index in [0.29, 0.717) is 29.4 Å². The minimum atomic E-state index is -3.89. The molecule has 0 saturated heterocycles. The van der Waals surface area contributed by atoms with Gasteiger partial charge in [-0.25, -0.2) is 8.42 Å². The number of fused-ring (bicyclic) bond motifs is 1. The van der Waals surface area contributed by atoms with Crippen LogP contribution in [0.4, 0.5) is 11.4 Å². The maximum Gasteiger partial charge on any atom is 0.293 e. The zero-order valence-electron chi connectivity index (χ0n) is 17.1. The molecular weight excluding hydrogens is 420 g/mol. The summed E-state index contributed by atoms with van der Waals surface area (Å²) in [6.07, 6.45) is 3.07. The van der Waals surface area contributed by atoms with Crippen LogP contribution < -0.4 is 19.1 Å². The van der Waals surface area contributed by atoms with E-state index in [1.807, 2.05) is 6.07 Å². The van der Waals surface area contributed by atoms with Crippen LogP contribution in [0.25, 0.3) is 0 Å². The molecule has 4 rings (SSSR count). The number of sulfonamides is 1. The van der Waals surface area contributed by atoms with Gasteiger partial charge in [-0.05, 0) is 54.8 Å². The van der Waals surface area contributed by atoms with E-state index in [9.17, 15) is 13.2 Å². The summed E-state index contributed by atoms with van der Waals surface area (Å²) >= 11 is 0. The van der Waals surface area contributed by atoms with E-state index >= 15 is 0 Å². The highest BCUT2D eigenvalue weighted by Gasteiger charge is 2.26. The van der Waals surface area contributed by atoms with Crippen LogP contribution >= 0.6 is 0 Å². The summed E-state index contributed by atoms with van der Waals surface area (Å²) in [5, 5.41) is 0. The van der Waals surface area contributed by atoms with E-state index in [2.05, 4.69) is 4.72 Å². The highest BCUT2D eigenvalue weighted by atomic mass is 32.2. The number of amides is 1. The predicted molar refractivity (Wildman–Crippen MR) is 116 cm³/mol. The van der Waals surface area contributed by atoms with Gasteiger partial charge in [0.1, 0.15) is 0 Å². The number of ether oxygens (including phenoxy) is 2. The van der Waals surface area contributed by atoms with Crippen molar-refractivity contribution in [2.75, 3.05) is 30.4 Å². The number of hydrogen-bond acceptors (Lipinski definition) is 6. The van der Waals surface area contributed by atoms with Gasteiger partial charge >= 0.3 is 0 Å². The normalized spacial score (nSPS) is 13.4. The third-order valence-corrected chi connectivity index (χ3v) is 6.48. The number of furan rings is 1. The molecule has 0 saturated carbocycles. The van der Waals surface area contributed by atoms with E-state index < -0.39 is 10.0 Å². The maximum absolute atomic E-state index is 12.9. The Labute approximate surface area is 180 Å². The maximum atomic E-state index is 12.9. The summed E-state index contributed by atoms with van der Waals surface area (Å²) in [4.78, 5) is 14.5. The Morgan fingerprint density at radius 1 is 1.06 bits per heavy atom. The lowest BCUT2D eigenvalue weighted by Gasteiger charge is -2.29. The summed E-state index contributed by atoms with van der Waals surface area (Å²) in [6.45, 7) is 0.526. The monoisotopic (exact) mass is 442 g/mol. The second-order valence-electron chi connectivity index (χ2n) is 7.00. The first-order valence-electron chi connectivity index (χ1n) is 9.66. The minimum absolute atomic E-state index is 0.0337. The van der Waals surface area contributed by atoms with E-state index in [0.717, 1.165) is 18.4 Å². The fourth-order valence-electron chi connectivity index (χ4n) is 3.58. The largest absolute Gasteiger partial charge is 0.493 e. The number of carbonyl (C=O) groups is 1. The Morgan fingerprint density at radius 2 is 1.87 bits per heavy atom. The quantitative estimate of drug-likeness (QED) is 0.625. The number of aryl methyl sites for hydroxylation is 1. The number of anilines is 2. The Hall–Kier alpha value is -3.46. The molecule has 1 aliphatic rings. The Kier molecular flexibility index (Phi) is 5.60. The van der Waals surface area contributed by atoms with Gasteiger partial charge in [-0.3, -0.25) is 9.52 Å². The summed E-state index contributed by atoms with van der Waals surface area (Å²) in [7, 11) is -0.966. The molecule has 1 N–H and O–H groups in total. The van der Waals surface area contributed by atoms with Crippen LogP contribution in [-0.2, 0) is 16.4 Å². The molecular formula is C22H22N2O6S. The van der Waals surface area contributed by atoms with E-state index in [1.54, 1.807) is 29.2 Å². The fourth-order valence-corrected chi connectivity index (χ4v) is 4.64. The molecule has 0 atom stereocenters. The third-order valence-electron chi connectivity index (χ3n) is 5.10. The number of nitrogens with zero attached hydrogens (tertiary/aromatic N) is 1. The second kappa shape index (κ2) is 8.35. The zero-order valence-corrected chi connectivity index (χ0v) is 17.9. The zero-order chi connectivity index (χ0) is 22.0. The van der Waals surface area contributed by atoms with Gasteiger partial charge in [0.05, 0.1) is 31.1 Å². The van der Waals surface area contributed by atoms with E-state index in [4.69, 9.17) is 13.9 Å². The number of carbonyl (C=O) groups excluding carboxylic acids is 1. The van der Waals surface area contributed by atoms with Crippen LogP contribution in [0.1, 0.15) is 22.5 Å². The second-order valence-corrected chi connectivity index (χ2v) is 8.69. The summed E-state index contributed by atoms with van der Waals surface area (Å²) in [5.41, 5.74) is 1.99. The van der Waals surface area contributed by atoms with Gasteiger partial charge in [0, 0.05) is 18.3 Å². The van der Waals surface area contributed by atoms with Crippen LogP contribution in [0.5, 0.6) is 11.5 Å². The third kappa shape index (κ3) is 4.09. The molecule has 1 aliphatic heterocycles. The smallest absolute Gasteiger partial charge is 0.293 e. The first-order chi connectivity index (χ1) is 14.9. The molecule has 8 nitrogen and oxygen atoms in total. The molecule has 1 amide bonds. The fraction of sp³-hybridized carbons (Fsp3) is 0.227. The van der Waals surface area contributed by atoms with E-state index in [1.165, 1.54) is 38.7 Å². The lowest BCUT2D eigenvalue weighted by molar-refractivity contribution is 0.0958. The van der Waals surface area contributed by atoms with Crippen LogP contribution in [0.15, 0.2) is 64.1 Å². The molecule has 9 heteroatoms. The van der Waals surface area contributed by atoms with Crippen molar-refractivity contribution in [1.29, 1.82) is 0 Å². The van der Waals surface area contributed by atoms with Crippen molar-refractivity contribution >= 4 is 27.3 Å². The Bertz CT molecular complexity index is 1200. The standard InChI is InChI=1S/C22H22N2O6S/c1-28-19-10-9-17(14-21(19)29-2)31(26,27)23-16-8-7-15-5-3-11-24(18(15)13-16)22(25)20-6-4-12-30-20/h4,6-10,12-14,23H,3,5,11H2,1-2H3. The number of benzene rings is 2. The van der Waals surface area contributed by atoms with Gasteiger partial charge in [-0.2, -0.15) is 0 Å². The average Bonchev–Trinajstić information content (AvgIpc) is 3.32. The van der Waals surface area contributed by atoms with Crippen LogP contribution in [-0.4, -0.2) is 35.1 Å². The van der Waals surface area contributed by atoms with Gasteiger partial charge < -0.3 is 18.8 Å². The SMILES string of the molecule is COc1ccc(S(=O)(=O)Nc2ccc3c(c2)N(C(=O)c2ccco2)CCC3)cc1OC. The summed E-state index contributed by atoms with van der Waals surface area (Å²) < 4.78 is 44.1. The molecule has 1 aromatic heterocycles. The molecule has 0 fully saturated rings. The van der Waals surface area contributed by atoms with Gasteiger partial charge in [0.15, 0.2) is 17.3 Å². The lowest BCUT2D eigenvalue weighted by atomic mass is 10.0. The lowest BCUT2D eigenvalue weighted by Crippen LogP contribution is -2.35. The van der Waals surface area contributed by atoms with Crippen molar-refractivity contribution in [2.24, 2.45) is 0 Å². The highest BCUT2D eigenvalue weighted by Crippen LogP contribution is 2.33. The Morgan fingerprint density at radius 3 is 2.58 bits per heavy atom. The minimum Gasteiger partial charge on any atom is -0.493 e. The van der Waals surface area contributed by atoms with Crippen molar-refractivity contribution < 1.29 is 27.1 Å². The highest BCUT2D eigenvalue weighted by molar-refractivity contribution is 7.92. The molecule has 31 heavy (non-hydrogen) atoms. The van der Waals surface area contributed by atoms with Crippen molar-refractivity contribution in [3.8, 4) is 11.5 Å². The molecule has 2 aromatic carbocycles. The van der Waals surface area contributed by atoms with Crippen LogP contribution in [0.3, 0.4) is 0 Å². The molecule has 2 heterocycles. The summed E-state index contributed by atoms with van der Waals surface area (Å²) in [5.74, 6) is 0.725. The van der Waals surface area contributed by atoms with Crippen molar-refractivity contribution in [3.63, 3.8) is 0 Å². The van der Waals surface area contributed by atoms with Crippen LogP contribution in [0.2, 0.25) is 0 Å². The molecule has 0 aliphatic carbocycles. The van der Waals surface area contributed by atoms with Gasteiger partial charge in [0.25, 0.3) is 15.9 Å². The van der Waals surface area contributed by atoms with Crippen molar-refractivity contribution in [1.82, 2.24) is 0 Å². The first kappa shape index (κ1) is 20.8. The number of nitrogens with one attached hydrogen (secondary N) is 1. The van der Waals surface area contributed by atoms with Gasteiger partial charge in [-0.1, -0.05) is 6.07 Å². The number of methoxy groups -OCH3 is 2. The Balaban J connectivity index is 1.64. The van der Waals surface area contributed by atoms with Crippen LogP contribution in [0, 0.1) is 0 Å². The van der Waals surface area contributed by atoms with Crippen molar-refractivity contribution in [2.45, 2.75) is 17.7 Å². The van der Waals surface area contributed by atoms with Crippen molar-refractivity contribution in [3.05, 3.63) is 66.1 Å². The molecule has 0 radical (unpaired) electrons. The molecule has 0 spiro atoms. The number of hydrogen-bond donors (Lipinski definition) is 1. The molecule has 162 valence electrons. The first-order valence-corrected chi connectivity index (χ1v) is 11.1. The number of rotatable bonds is 6. The van der Waals surface area contributed by atoms with Gasteiger partial charge in [0.2, 0.25) is 0 Å². The average molecular weight is 442 g/mol. The van der Waals surface area contributed by atoms with Gasteiger partial charge in [-0.15, -0.1) is 0 Å². The molecule has 0 unspecified atom stereocenters. The molecule has 0 bridgehead atoms. The predicted octanol–water partition coefficient (Wildman–Crippen LogP) is 3.69.